The Bertz CT molecular complexity index is 538. The molecule has 0 unspecified atom stereocenters. The maximum absolute atomic E-state index is 13.6. The number of benzene rings is 2. The van der Waals surface area contributed by atoms with Crippen molar-refractivity contribution in [2.45, 2.75) is 0 Å². The van der Waals surface area contributed by atoms with Gasteiger partial charge in [0.15, 0.2) is 0 Å². The molecule has 0 atom stereocenters. The lowest BCUT2D eigenvalue weighted by Gasteiger charge is -2.11. The van der Waals surface area contributed by atoms with E-state index in [4.69, 9.17) is 5.73 Å². The zero-order valence-electron chi connectivity index (χ0n) is 8.68. The van der Waals surface area contributed by atoms with Crippen LogP contribution in [0.15, 0.2) is 45.3 Å². The van der Waals surface area contributed by atoms with E-state index in [9.17, 15) is 4.39 Å². The lowest BCUT2D eigenvalue weighted by Crippen LogP contribution is -1.96. The molecule has 0 aliphatic rings. The normalized spacial score (nSPS) is 10.3. The predicted octanol–water partition coefficient (Wildman–Crippen LogP) is 4.68. The minimum Gasteiger partial charge on any atom is -0.399 e. The van der Waals surface area contributed by atoms with Crippen LogP contribution in [0.3, 0.4) is 0 Å². The number of nitrogens with one attached hydrogen (secondary N) is 1. The first-order valence-electron chi connectivity index (χ1n) is 4.84. The van der Waals surface area contributed by atoms with Gasteiger partial charge in [-0.1, -0.05) is 6.07 Å². The quantitative estimate of drug-likeness (QED) is 0.764. The van der Waals surface area contributed by atoms with Gasteiger partial charge in [-0.25, -0.2) is 4.39 Å². The summed E-state index contributed by atoms with van der Waals surface area (Å²) in [5.41, 5.74) is 7.44. The smallest absolute Gasteiger partial charge is 0.147 e. The molecule has 88 valence electrons. The second kappa shape index (κ2) is 5.06. The first-order valence-corrected chi connectivity index (χ1v) is 6.42. The number of halogens is 3. The van der Waals surface area contributed by atoms with Crippen LogP contribution >= 0.6 is 31.9 Å². The molecular weight excluding hydrogens is 351 g/mol. The Morgan fingerprint density at radius 2 is 1.82 bits per heavy atom. The molecule has 0 spiro atoms. The van der Waals surface area contributed by atoms with Crippen molar-refractivity contribution in [2.24, 2.45) is 0 Å². The number of rotatable bonds is 2. The van der Waals surface area contributed by atoms with E-state index >= 15 is 0 Å². The van der Waals surface area contributed by atoms with Gasteiger partial charge in [0.05, 0.1) is 11.4 Å². The number of para-hydroxylation sites is 1. The summed E-state index contributed by atoms with van der Waals surface area (Å²) in [6.07, 6.45) is 0. The van der Waals surface area contributed by atoms with Crippen molar-refractivity contribution in [2.75, 3.05) is 11.1 Å². The van der Waals surface area contributed by atoms with Gasteiger partial charge in [0, 0.05) is 14.6 Å². The fraction of sp³-hybridized carbons (Fsp3) is 0. The molecule has 0 heterocycles. The number of hydrogen-bond donors (Lipinski definition) is 2. The molecule has 5 heteroatoms. The Hall–Kier alpha value is -1.07. The number of nitrogens with two attached hydrogens (primary N) is 1. The zero-order valence-corrected chi connectivity index (χ0v) is 11.8. The van der Waals surface area contributed by atoms with Gasteiger partial charge in [-0.05, 0) is 62.2 Å². The molecule has 0 amide bonds. The minimum absolute atomic E-state index is 0.317. The molecule has 0 aliphatic carbocycles. The summed E-state index contributed by atoms with van der Waals surface area (Å²) in [5.74, 6) is -0.317. The molecule has 2 aromatic carbocycles. The van der Waals surface area contributed by atoms with E-state index in [0.717, 1.165) is 10.2 Å². The van der Waals surface area contributed by atoms with E-state index < -0.39 is 0 Å². The average Bonchev–Trinajstić information content (AvgIpc) is 2.26. The summed E-state index contributed by atoms with van der Waals surface area (Å²) in [5, 5.41) is 3.01. The van der Waals surface area contributed by atoms with Gasteiger partial charge >= 0.3 is 0 Å². The van der Waals surface area contributed by atoms with Crippen molar-refractivity contribution >= 4 is 48.9 Å². The van der Waals surface area contributed by atoms with Crippen molar-refractivity contribution in [3.63, 3.8) is 0 Å². The molecule has 0 saturated heterocycles. The average molecular weight is 360 g/mol. The van der Waals surface area contributed by atoms with Gasteiger partial charge in [0.2, 0.25) is 0 Å². The summed E-state index contributed by atoms with van der Waals surface area (Å²) >= 11 is 6.67. The molecule has 0 aliphatic heterocycles. The zero-order chi connectivity index (χ0) is 12.4. The van der Waals surface area contributed by atoms with E-state index in [-0.39, 0.29) is 5.82 Å². The molecule has 0 radical (unpaired) electrons. The Labute approximate surface area is 115 Å². The third-order valence-electron chi connectivity index (χ3n) is 2.22. The summed E-state index contributed by atoms with van der Waals surface area (Å²) in [4.78, 5) is 0. The van der Waals surface area contributed by atoms with Crippen LogP contribution in [0.1, 0.15) is 0 Å². The maximum atomic E-state index is 13.6. The largest absolute Gasteiger partial charge is 0.399 e. The summed E-state index contributed by atoms with van der Waals surface area (Å²) in [6.45, 7) is 0. The highest BCUT2D eigenvalue weighted by molar-refractivity contribution is 9.11. The summed E-state index contributed by atoms with van der Waals surface area (Å²) in [7, 11) is 0. The fourth-order valence-electron chi connectivity index (χ4n) is 1.38. The van der Waals surface area contributed by atoms with Gasteiger partial charge in [-0.2, -0.15) is 0 Å². The van der Waals surface area contributed by atoms with E-state index in [2.05, 4.69) is 37.2 Å². The lowest BCUT2D eigenvalue weighted by atomic mass is 10.2. The molecule has 2 nitrogen and oxygen atoms in total. The second-order valence-corrected chi connectivity index (χ2v) is 5.17. The van der Waals surface area contributed by atoms with Gasteiger partial charge in [-0.15, -0.1) is 0 Å². The van der Waals surface area contributed by atoms with Crippen molar-refractivity contribution in [3.8, 4) is 0 Å². The number of anilines is 3. The molecule has 0 aromatic heterocycles. The minimum atomic E-state index is -0.317. The number of hydrogen-bond acceptors (Lipinski definition) is 2. The van der Waals surface area contributed by atoms with Crippen LogP contribution in [0.4, 0.5) is 21.5 Å². The van der Waals surface area contributed by atoms with Gasteiger partial charge < -0.3 is 11.1 Å². The third-order valence-corrected chi connectivity index (χ3v) is 3.53. The molecule has 0 saturated carbocycles. The maximum Gasteiger partial charge on any atom is 0.147 e. The van der Waals surface area contributed by atoms with Crippen LogP contribution in [0.25, 0.3) is 0 Å². The highest BCUT2D eigenvalue weighted by Crippen LogP contribution is 2.32. The van der Waals surface area contributed by atoms with Crippen molar-refractivity contribution in [1.29, 1.82) is 0 Å². The summed E-state index contributed by atoms with van der Waals surface area (Å²) < 4.78 is 15.1. The monoisotopic (exact) mass is 358 g/mol. The number of nitrogen functional groups attached to an aromatic ring is 1. The van der Waals surface area contributed by atoms with Gasteiger partial charge in [-0.3, -0.25) is 0 Å². The van der Waals surface area contributed by atoms with Crippen LogP contribution in [-0.2, 0) is 0 Å². The lowest BCUT2D eigenvalue weighted by molar-refractivity contribution is 0.631. The predicted molar refractivity (Wildman–Crippen MR) is 75.9 cm³/mol. The summed E-state index contributed by atoms with van der Waals surface area (Å²) in [6, 6.07) is 10.1. The standard InChI is InChI=1S/C12H9Br2FN2/c13-8-2-1-3-10(15)12(8)17-11-5-4-7(16)6-9(11)14/h1-6,17H,16H2. The Kier molecular flexibility index (Phi) is 3.69. The highest BCUT2D eigenvalue weighted by atomic mass is 79.9. The van der Waals surface area contributed by atoms with Crippen molar-refractivity contribution < 1.29 is 4.39 Å². The van der Waals surface area contributed by atoms with Crippen LogP contribution in [0.5, 0.6) is 0 Å². The molecule has 0 fully saturated rings. The van der Waals surface area contributed by atoms with Crippen LogP contribution in [0.2, 0.25) is 0 Å². The van der Waals surface area contributed by atoms with E-state index in [1.165, 1.54) is 6.07 Å². The first kappa shape index (κ1) is 12.4. The SMILES string of the molecule is Nc1ccc(Nc2c(F)cccc2Br)c(Br)c1. The van der Waals surface area contributed by atoms with E-state index in [1.54, 1.807) is 30.3 Å². The van der Waals surface area contributed by atoms with Crippen molar-refractivity contribution in [3.05, 3.63) is 51.2 Å². The van der Waals surface area contributed by atoms with E-state index in [0.29, 0.717) is 15.8 Å². The van der Waals surface area contributed by atoms with Crippen LogP contribution in [0, 0.1) is 5.82 Å². The molecule has 3 N–H and O–H groups in total. The van der Waals surface area contributed by atoms with Crippen LogP contribution < -0.4 is 11.1 Å². The molecule has 2 aromatic rings. The van der Waals surface area contributed by atoms with E-state index in [1.807, 2.05) is 0 Å². The first-order chi connectivity index (χ1) is 8.08. The molecule has 0 bridgehead atoms. The fourth-order valence-corrected chi connectivity index (χ4v) is 2.32. The van der Waals surface area contributed by atoms with Crippen molar-refractivity contribution in [1.82, 2.24) is 0 Å². The van der Waals surface area contributed by atoms with Gasteiger partial charge in [0.1, 0.15) is 5.82 Å². The Morgan fingerprint density at radius 1 is 1.06 bits per heavy atom. The van der Waals surface area contributed by atoms with Gasteiger partial charge in [0.25, 0.3) is 0 Å². The third kappa shape index (κ3) is 2.79. The molecule has 2 rings (SSSR count). The Morgan fingerprint density at radius 3 is 2.47 bits per heavy atom. The second-order valence-electron chi connectivity index (χ2n) is 3.46. The molecular formula is C12H9Br2FN2. The highest BCUT2D eigenvalue weighted by Gasteiger charge is 2.08. The Balaban J connectivity index is 2.38. The topological polar surface area (TPSA) is 38.0 Å². The molecule has 17 heavy (non-hydrogen) atoms. The van der Waals surface area contributed by atoms with Crippen LogP contribution in [-0.4, -0.2) is 0 Å².